The number of rotatable bonds is 45. The molecule has 6 atom stereocenters. The molecule has 0 bridgehead atoms. The molecule has 0 aromatic carbocycles. The average Bonchev–Trinajstić information content (AvgIpc) is 3.35. The summed E-state index contributed by atoms with van der Waals surface area (Å²) in [6, 6.07) is 0. The van der Waals surface area contributed by atoms with Gasteiger partial charge >= 0.3 is 23.9 Å². The molecule has 1 aliphatic heterocycles. The van der Waals surface area contributed by atoms with E-state index in [1.807, 2.05) is 0 Å². The summed E-state index contributed by atoms with van der Waals surface area (Å²) in [4.78, 5) is 50.9. The van der Waals surface area contributed by atoms with E-state index in [2.05, 4.69) is 106 Å². The lowest BCUT2D eigenvalue weighted by atomic mass is 9.98. The van der Waals surface area contributed by atoms with E-state index < -0.39 is 67.3 Å². The fraction of sp³-hybridized carbons (Fsp3) is 0.695. The maximum atomic E-state index is 13.1. The summed E-state index contributed by atoms with van der Waals surface area (Å²) < 4.78 is 28.3. The number of aliphatic hydroxyl groups excluding tert-OH is 2. The number of ether oxygens (including phenoxy) is 5. The highest BCUT2D eigenvalue weighted by Gasteiger charge is 2.50. The van der Waals surface area contributed by atoms with Gasteiger partial charge in [-0.2, -0.15) is 0 Å². The molecule has 12 nitrogen and oxygen atoms in total. The van der Waals surface area contributed by atoms with Crippen molar-refractivity contribution < 1.29 is 58.2 Å². The second-order valence-electron chi connectivity index (χ2n) is 18.5. The van der Waals surface area contributed by atoms with Gasteiger partial charge in [-0.05, 0) is 103 Å². The minimum atomic E-state index is -1.92. The molecule has 1 aliphatic rings. The lowest BCUT2D eigenvalue weighted by Gasteiger charge is -2.40. The summed E-state index contributed by atoms with van der Waals surface area (Å²) in [6.45, 7) is 5.72. The van der Waals surface area contributed by atoms with Crippen LogP contribution in [0.2, 0.25) is 0 Å². The van der Waals surface area contributed by atoms with Crippen LogP contribution in [-0.4, -0.2) is 89.2 Å². The minimum absolute atomic E-state index is 0.0270. The summed E-state index contributed by atoms with van der Waals surface area (Å²) in [5.74, 6) is -3.19. The Balaban J connectivity index is 2.73. The van der Waals surface area contributed by atoms with Crippen LogP contribution in [0.4, 0.5) is 0 Å². The topological polar surface area (TPSA) is 175 Å². The molecule has 0 aromatic rings. The number of carboxylic acid groups (broad SMARTS) is 1. The molecule has 1 fully saturated rings. The SMILES string of the molecule is CC/C=C\C/C=C\C/C=C\C/C=C\CCCCCCC(=O)OC1C(OCC(COC(=O)CCCCCCC/C=C\C/C=C\CCC)OC(=O)CCCCCCC/C=C\CCCC)OC(C(=O)O)C(O)C1O. The van der Waals surface area contributed by atoms with Crippen molar-refractivity contribution in [1.29, 1.82) is 0 Å². The minimum Gasteiger partial charge on any atom is -0.479 e. The second-order valence-corrected chi connectivity index (χ2v) is 18.5. The zero-order valence-corrected chi connectivity index (χ0v) is 44.2. The van der Waals surface area contributed by atoms with Crippen LogP contribution in [0, 0.1) is 0 Å². The number of carbonyl (C=O) groups is 4. The molecular weight excluding hydrogens is 901 g/mol. The van der Waals surface area contributed by atoms with Crippen LogP contribution in [0.25, 0.3) is 0 Å². The van der Waals surface area contributed by atoms with Crippen LogP contribution in [0.3, 0.4) is 0 Å². The van der Waals surface area contributed by atoms with Crippen molar-refractivity contribution in [1.82, 2.24) is 0 Å². The average molecular weight is 997 g/mol. The fourth-order valence-corrected chi connectivity index (χ4v) is 7.67. The van der Waals surface area contributed by atoms with Gasteiger partial charge in [0.25, 0.3) is 0 Å². The maximum Gasteiger partial charge on any atom is 0.335 e. The number of allylic oxidation sites excluding steroid dienone is 14. The number of carbonyl (C=O) groups excluding carboxylic acids is 3. The van der Waals surface area contributed by atoms with Crippen molar-refractivity contribution in [3.8, 4) is 0 Å². The molecular formula is C59H96O12. The van der Waals surface area contributed by atoms with Crippen LogP contribution < -0.4 is 0 Å². The number of aliphatic carboxylic acids is 1. The van der Waals surface area contributed by atoms with E-state index in [0.29, 0.717) is 19.3 Å². The fourth-order valence-electron chi connectivity index (χ4n) is 7.67. The van der Waals surface area contributed by atoms with Crippen molar-refractivity contribution >= 4 is 23.9 Å². The number of hydrogen-bond acceptors (Lipinski definition) is 11. The van der Waals surface area contributed by atoms with Crippen molar-refractivity contribution in [3.05, 3.63) is 85.1 Å². The summed E-state index contributed by atoms with van der Waals surface area (Å²) in [7, 11) is 0. The van der Waals surface area contributed by atoms with Crippen LogP contribution >= 0.6 is 0 Å². The molecule has 71 heavy (non-hydrogen) atoms. The highest BCUT2D eigenvalue weighted by Crippen LogP contribution is 2.26. The van der Waals surface area contributed by atoms with Gasteiger partial charge in [-0.15, -0.1) is 0 Å². The van der Waals surface area contributed by atoms with Crippen molar-refractivity contribution in [2.24, 2.45) is 0 Å². The molecule has 1 rings (SSSR count). The van der Waals surface area contributed by atoms with Crippen molar-refractivity contribution in [3.63, 3.8) is 0 Å². The summed E-state index contributed by atoms with van der Waals surface area (Å²) >= 11 is 0. The highest BCUT2D eigenvalue weighted by atomic mass is 16.7. The molecule has 6 unspecified atom stereocenters. The van der Waals surface area contributed by atoms with Crippen LogP contribution in [0.15, 0.2) is 85.1 Å². The third-order valence-corrected chi connectivity index (χ3v) is 11.9. The largest absolute Gasteiger partial charge is 0.479 e. The normalized spacial score (nSPS) is 19.1. The predicted molar refractivity (Wildman–Crippen MR) is 284 cm³/mol. The van der Waals surface area contributed by atoms with E-state index in [9.17, 15) is 34.5 Å². The molecule has 1 saturated heterocycles. The Morgan fingerprint density at radius 2 is 0.915 bits per heavy atom. The van der Waals surface area contributed by atoms with Crippen LogP contribution in [0.5, 0.6) is 0 Å². The molecule has 0 aromatic heterocycles. The first-order valence-electron chi connectivity index (χ1n) is 27.6. The molecule has 3 N–H and O–H groups in total. The van der Waals surface area contributed by atoms with Gasteiger partial charge < -0.3 is 39.0 Å². The predicted octanol–water partition coefficient (Wildman–Crippen LogP) is 13.6. The van der Waals surface area contributed by atoms with Gasteiger partial charge in [0.1, 0.15) is 18.8 Å². The van der Waals surface area contributed by atoms with Gasteiger partial charge in [-0.25, -0.2) is 4.79 Å². The molecule has 0 saturated carbocycles. The quantitative estimate of drug-likeness (QED) is 0.0228. The number of carboxylic acids is 1. The Morgan fingerprint density at radius 1 is 0.479 bits per heavy atom. The lowest BCUT2D eigenvalue weighted by molar-refractivity contribution is -0.301. The Bertz CT molecular complexity index is 1560. The summed E-state index contributed by atoms with van der Waals surface area (Å²) in [5, 5.41) is 31.4. The standard InChI is InChI=1S/C59H96O12/c1-4-7-10-13-16-19-22-24-25-26-27-29-32-35-38-41-44-47-53(62)70-57-55(64)54(63)56(58(65)66)71-59(57)68-49-50(69-52(61)46-43-40-37-34-30-21-18-15-12-9-6-3)48-67-51(60)45-42-39-36-33-31-28-23-20-17-14-11-8-5-2/h7,10-11,14-16,18-20,23-25,27,29,50,54-57,59,63-64H,4-6,8-9,12-13,17,21-22,26,28,30-49H2,1-3H3,(H,65,66)/b10-7-,14-11-,18-15-,19-16-,23-20-,25-24-,29-27-. The molecule has 404 valence electrons. The molecule has 1 heterocycles. The molecule has 0 amide bonds. The first-order valence-corrected chi connectivity index (χ1v) is 27.6. The molecule has 12 heteroatoms. The summed E-state index contributed by atoms with van der Waals surface area (Å²) in [6.07, 6.45) is 47.0. The molecule has 0 aliphatic carbocycles. The molecule has 0 spiro atoms. The third-order valence-electron chi connectivity index (χ3n) is 11.9. The monoisotopic (exact) mass is 997 g/mol. The Morgan fingerprint density at radius 3 is 1.42 bits per heavy atom. The van der Waals surface area contributed by atoms with E-state index >= 15 is 0 Å². The Hall–Kier alpha value is -4.10. The van der Waals surface area contributed by atoms with Crippen LogP contribution in [0.1, 0.15) is 213 Å². The van der Waals surface area contributed by atoms with E-state index in [4.69, 9.17) is 23.7 Å². The van der Waals surface area contributed by atoms with Gasteiger partial charge in [0.15, 0.2) is 24.6 Å². The van der Waals surface area contributed by atoms with Crippen molar-refractivity contribution in [2.75, 3.05) is 13.2 Å². The Kier molecular flexibility index (Phi) is 42.9. The van der Waals surface area contributed by atoms with Gasteiger partial charge in [-0.1, -0.05) is 176 Å². The zero-order valence-electron chi connectivity index (χ0n) is 44.2. The first-order chi connectivity index (χ1) is 34.6. The molecule has 0 radical (unpaired) electrons. The van der Waals surface area contributed by atoms with Crippen molar-refractivity contribution in [2.45, 2.75) is 250 Å². The summed E-state index contributed by atoms with van der Waals surface area (Å²) in [5.41, 5.74) is 0. The highest BCUT2D eigenvalue weighted by molar-refractivity contribution is 5.74. The van der Waals surface area contributed by atoms with Crippen LogP contribution in [-0.2, 0) is 42.9 Å². The lowest BCUT2D eigenvalue weighted by Crippen LogP contribution is -2.61. The second kappa shape index (κ2) is 46.9. The van der Waals surface area contributed by atoms with E-state index in [1.54, 1.807) is 0 Å². The first kappa shape index (κ1) is 64.9. The van der Waals surface area contributed by atoms with E-state index in [1.165, 1.54) is 12.8 Å². The number of hydrogen-bond donors (Lipinski definition) is 3. The van der Waals surface area contributed by atoms with E-state index in [-0.39, 0.29) is 25.9 Å². The van der Waals surface area contributed by atoms with Gasteiger partial charge in [0, 0.05) is 19.3 Å². The third kappa shape index (κ3) is 37.3. The smallest absolute Gasteiger partial charge is 0.335 e. The van der Waals surface area contributed by atoms with Gasteiger partial charge in [0.05, 0.1) is 6.61 Å². The number of unbranched alkanes of at least 4 members (excludes halogenated alkanes) is 17. The zero-order chi connectivity index (χ0) is 51.8. The van der Waals surface area contributed by atoms with Gasteiger partial charge in [-0.3, -0.25) is 14.4 Å². The van der Waals surface area contributed by atoms with Gasteiger partial charge in [0.2, 0.25) is 0 Å². The number of aliphatic hydroxyl groups is 2. The number of esters is 3. The Labute approximate surface area is 429 Å². The maximum absolute atomic E-state index is 13.1. The van der Waals surface area contributed by atoms with E-state index in [0.717, 1.165) is 141 Å².